The van der Waals surface area contributed by atoms with Crippen LogP contribution in [0.2, 0.25) is 0 Å². The first-order chi connectivity index (χ1) is 7.99. The fraction of sp³-hybridized carbons (Fsp3) is 0.111. The first-order valence-corrected chi connectivity index (χ1v) is 6.22. The van der Waals surface area contributed by atoms with Crippen LogP contribution in [-0.4, -0.2) is 23.6 Å². The van der Waals surface area contributed by atoms with Gasteiger partial charge in [0, 0.05) is 11.8 Å². The molecule has 0 spiro atoms. The van der Waals surface area contributed by atoms with Crippen molar-refractivity contribution in [3.8, 4) is 0 Å². The third-order valence-electron chi connectivity index (χ3n) is 2.13. The number of aromatic nitrogens is 3. The Kier molecular flexibility index (Phi) is 2.72. The van der Waals surface area contributed by atoms with Gasteiger partial charge >= 0.3 is 0 Å². The molecule has 90 valence electrons. The summed E-state index contributed by atoms with van der Waals surface area (Å²) in [6.07, 6.45) is 2.72. The molecule has 0 aliphatic heterocycles. The Balaban J connectivity index is 2.31. The van der Waals surface area contributed by atoms with Crippen molar-refractivity contribution in [3.05, 3.63) is 30.1 Å². The number of aromatic amines is 1. The van der Waals surface area contributed by atoms with Crippen molar-refractivity contribution in [3.63, 3.8) is 0 Å². The normalized spacial score (nSPS) is 11.4. The molecule has 0 bridgehead atoms. The molecule has 2 heterocycles. The predicted molar refractivity (Wildman–Crippen MR) is 62.8 cm³/mol. The number of aryl methyl sites for hydroxylation is 1. The van der Waals surface area contributed by atoms with E-state index in [0.717, 1.165) is 0 Å². The third-order valence-corrected chi connectivity index (χ3v) is 3.47. The van der Waals surface area contributed by atoms with Gasteiger partial charge in [0.1, 0.15) is 16.5 Å². The summed E-state index contributed by atoms with van der Waals surface area (Å²) in [5.74, 6) is 0.600. The number of rotatable bonds is 3. The summed E-state index contributed by atoms with van der Waals surface area (Å²) >= 11 is 0. The van der Waals surface area contributed by atoms with E-state index in [1.165, 1.54) is 24.5 Å². The summed E-state index contributed by atoms with van der Waals surface area (Å²) in [7, 11) is -3.66. The molecule has 0 unspecified atom stereocenters. The molecule has 0 fully saturated rings. The van der Waals surface area contributed by atoms with Gasteiger partial charge in [-0.1, -0.05) is 0 Å². The molecule has 0 aliphatic rings. The maximum atomic E-state index is 11.9. The van der Waals surface area contributed by atoms with Crippen LogP contribution in [0.4, 0.5) is 11.6 Å². The van der Waals surface area contributed by atoms with Crippen LogP contribution in [0.5, 0.6) is 0 Å². The Bertz CT molecular complexity index is 617. The van der Waals surface area contributed by atoms with Crippen LogP contribution in [0.1, 0.15) is 5.56 Å². The Morgan fingerprint density at radius 2 is 2.12 bits per heavy atom. The summed E-state index contributed by atoms with van der Waals surface area (Å²) in [4.78, 5) is 3.77. The molecule has 2 rings (SSSR count). The zero-order valence-corrected chi connectivity index (χ0v) is 9.82. The van der Waals surface area contributed by atoms with E-state index in [2.05, 4.69) is 19.9 Å². The molecule has 0 aliphatic carbocycles. The zero-order valence-electron chi connectivity index (χ0n) is 9.01. The number of nitrogens with zero attached hydrogens (tertiary/aromatic N) is 2. The standard InChI is InChI=1S/C9H11N5O2S/c1-6-4-12-13-9(6)14-17(15,16)7-2-3-8(10)11-5-7/h2-5H,1H3,(H2,10,11)(H2,12,13,14). The molecule has 0 aromatic carbocycles. The molecule has 7 nitrogen and oxygen atoms in total. The molecular weight excluding hydrogens is 242 g/mol. The van der Waals surface area contributed by atoms with Crippen molar-refractivity contribution in [1.29, 1.82) is 0 Å². The van der Waals surface area contributed by atoms with Crippen molar-refractivity contribution in [2.75, 3.05) is 10.5 Å². The number of anilines is 2. The Morgan fingerprint density at radius 3 is 2.65 bits per heavy atom. The number of pyridine rings is 1. The first kappa shape index (κ1) is 11.4. The number of hydrogen-bond acceptors (Lipinski definition) is 5. The van der Waals surface area contributed by atoms with E-state index in [-0.39, 0.29) is 10.7 Å². The lowest BCUT2D eigenvalue weighted by Crippen LogP contribution is -2.14. The number of nitrogens with one attached hydrogen (secondary N) is 2. The SMILES string of the molecule is Cc1cn[nH]c1NS(=O)(=O)c1ccc(N)nc1. The van der Waals surface area contributed by atoms with E-state index in [1.807, 2.05) is 0 Å². The number of nitrogen functional groups attached to an aromatic ring is 1. The number of nitrogens with two attached hydrogens (primary N) is 1. The minimum absolute atomic E-state index is 0.0423. The number of hydrogen-bond donors (Lipinski definition) is 3. The molecule has 0 radical (unpaired) electrons. The monoisotopic (exact) mass is 253 g/mol. The third kappa shape index (κ3) is 2.36. The van der Waals surface area contributed by atoms with Crippen LogP contribution in [0.15, 0.2) is 29.4 Å². The lowest BCUT2D eigenvalue weighted by Gasteiger charge is -2.06. The molecule has 0 amide bonds. The van der Waals surface area contributed by atoms with Crippen LogP contribution in [0, 0.1) is 6.92 Å². The van der Waals surface area contributed by atoms with Crippen LogP contribution >= 0.6 is 0 Å². The average molecular weight is 253 g/mol. The van der Waals surface area contributed by atoms with E-state index in [1.54, 1.807) is 6.92 Å². The van der Waals surface area contributed by atoms with Crippen molar-refractivity contribution in [1.82, 2.24) is 15.2 Å². The summed E-state index contributed by atoms with van der Waals surface area (Å²) in [6, 6.07) is 2.81. The molecule has 0 atom stereocenters. The molecule has 8 heteroatoms. The van der Waals surface area contributed by atoms with Gasteiger partial charge in [0.05, 0.1) is 6.20 Å². The second-order valence-corrected chi connectivity index (χ2v) is 5.13. The fourth-order valence-electron chi connectivity index (χ4n) is 1.19. The van der Waals surface area contributed by atoms with E-state index >= 15 is 0 Å². The van der Waals surface area contributed by atoms with Crippen molar-refractivity contribution in [2.45, 2.75) is 11.8 Å². The molecule has 4 N–H and O–H groups in total. The van der Waals surface area contributed by atoms with Crippen molar-refractivity contribution in [2.24, 2.45) is 0 Å². The molecular formula is C9H11N5O2S. The Hall–Kier alpha value is -2.09. The van der Waals surface area contributed by atoms with Gasteiger partial charge in [-0.2, -0.15) is 5.10 Å². The highest BCUT2D eigenvalue weighted by Gasteiger charge is 2.16. The lowest BCUT2D eigenvalue weighted by molar-refractivity contribution is 0.600. The van der Waals surface area contributed by atoms with Gasteiger partial charge in [0.25, 0.3) is 10.0 Å². The maximum Gasteiger partial charge on any atom is 0.264 e. The van der Waals surface area contributed by atoms with Crippen LogP contribution < -0.4 is 10.5 Å². The molecule has 0 saturated heterocycles. The summed E-state index contributed by atoms with van der Waals surface area (Å²) in [6.45, 7) is 1.74. The topological polar surface area (TPSA) is 114 Å². The van der Waals surface area contributed by atoms with Gasteiger partial charge in [0.15, 0.2) is 0 Å². The number of H-pyrrole nitrogens is 1. The van der Waals surface area contributed by atoms with Gasteiger partial charge in [0.2, 0.25) is 0 Å². The van der Waals surface area contributed by atoms with Crippen LogP contribution in [-0.2, 0) is 10.0 Å². The van der Waals surface area contributed by atoms with Gasteiger partial charge < -0.3 is 5.73 Å². The minimum Gasteiger partial charge on any atom is -0.384 e. The van der Waals surface area contributed by atoms with Crippen molar-refractivity contribution < 1.29 is 8.42 Å². The van der Waals surface area contributed by atoms with Gasteiger partial charge in [-0.25, -0.2) is 13.4 Å². The maximum absolute atomic E-state index is 11.9. The summed E-state index contributed by atoms with van der Waals surface area (Å²) < 4.78 is 26.2. The lowest BCUT2D eigenvalue weighted by atomic mass is 10.4. The van der Waals surface area contributed by atoms with E-state index in [0.29, 0.717) is 11.4 Å². The molecule has 2 aromatic rings. The molecule has 2 aromatic heterocycles. The van der Waals surface area contributed by atoms with E-state index < -0.39 is 10.0 Å². The highest BCUT2D eigenvalue weighted by molar-refractivity contribution is 7.92. The average Bonchev–Trinajstić information content (AvgIpc) is 2.64. The Labute approximate surface area is 98.1 Å². The summed E-state index contributed by atoms with van der Waals surface area (Å²) in [5, 5.41) is 6.28. The van der Waals surface area contributed by atoms with Crippen LogP contribution in [0.3, 0.4) is 0 Å². The second-order valence-electron chi connectivity index (χ2n) is 3.45. The second kappa shape index (κ2) is 4.06. The first-order valence-electron chi connectivity index (χ1n) is 4.73. The molecule has 17 heavy (non-hydrogen) atoms. The van der Waals surface area contributed by atoms with Gasteiger partial charge in [-0.3, -0.25) is 9.82 Å². The van der Waals surface area contributed by atoms with Crippen molar-refractivity contribution >= 4 is 21.7 Å². The zero-order chi connectivity index (χ0) is 12.5. The highest BCUT2D eigenvalue weighted by Crippen LogP contribution is 2.16. The minimum atomic E-state index is -3.66. The van der Waals surface area contributed by atoms with E-state index in [4.69, 9.17) is 5.73 Å². The Morgan fingerprint density at radius 1 is 1.35 bits per heavy atom. The predicted octanol–water partition coefficient (Wildman–Crippen LogP) is 0.496. The smallest absolute Gasteiger partial charge is 0.264 e. The van der Waals surface area contributed by atoms with Crippen LogP contribution in [0.25, 0.3) is 0 Å². The quantitative estimate of drug-likeness (QED) is 0.736. The van der Waals surface area contributed by atoms with Gasteiger partial charge in [-0.05, 0) is 19.1 Å². The largest absolute Gasteiger partial charge is 0.384 e. The van der Waals surface area contributed by atoms with E-state index in [9.17, 15) is 8.42 Å². The van der Waals surface area contributed by atoms with Gasteiger partial charge in [-0.15, -0.1) is 0 Å². The molecule has 0 saturated carbocycles. The highest BCUT2D eigenvalue weighted by atomic mass is 32.2. The fourth-order valence-corrected chi connectivity index (χ4v) is 2.23. The summed E-state index contributed by atoms with van der Waals surface area (Å²) in [5.41, 5.74) is 6.09. The number of sulfonamides is 1.